The van der Waals surface area contributed by atoms with Gasteiger partial charge in [-0.15, -0.1) is 0 Å². The number of hydrogen-bond donors (Lipinski definition) is 0. The van der Waals surface area contributed by atoms with Crippen molar-refractivity contribution < 1.29 is 23.5 Å². The van der Waals surface area contributed by atoms with Gasteiger partial charge in [0.1, 0.15) is 12.2 Å². The molecule has 1 aromatic heterocycles. The molecule has 0 amide bonds. The van der Waals surface area contributed by atoms with Gasteiger partial charge in [0.15, 0.2) is 0 Å². The van der Waals surface area contributed by atoms with Gasteiger partial charge in [0, 0.05) is 6.42 Å². The second-order valence-corrected chi connectivity index (χ2v) is 6.30. The molecule has 1 atom stereocenters. The number of carbonyl (C=O) groups is 2. The van der Waals surface area contributed by atoms with Crippen molar-refractivity contribution in [3.63, 3.8) is 0 Å². The summed E-state index contributed by atoms with van der Waals surface area (Å²) >= 11 is 0. The number of hydrogen-bond acceptors (Lipinski definition) is 6. The Morgan fingerprint density at radius 1 is 1.45 bits per heavy atom. The van der Waals surface area contributed by atoms with Crippen LogP contribution in [-0.2, 0) is 25.5 Å². The molecule has 0 spiro atoms. The molecule has 1 aliphatic rings. The van der Waals surface area contributed by atoms with E-state index >= 15 is 0 Å². The van der Waals surface area contributed by atoms with Crippen LogP contribution in [0.4, 0.5) is 0 Å². The van der Waals surface area contributed by atoms with Gasteiger partial charge in [0.05, 0.1) is 24.8 Å². The van der Waals surface area contributed by atoms with E-state index in [1.165, 1.54) is 13.4 Å². The van der Waals surface area contributed by atoms with Crippen molar-refractivity contribution in [3.8, 4) is 0 Å². The molecular weight excluding hydrogens is 286 g/mol. The van der Waals surface area contributed by atoms with E-state index < -0.39 is 11.3 Å². The Hall–Kier alpha value is -1.85. The Morgan fingerprint density at radius 2 is 2.14 bits per heavy atom. The van der Waals surface area contributed by atoms with E-state index in [2.05, 4.69) is 4.98 Å². The zero-order valence-electron chi connectivity index (χ0n) is 13.5. The first-order chi connectivity index (χ1) is 10.4. The van der Waals surface area contributed by atoms with Crippen molar-refractivity contribution in [2.45, 2.75) is 46.0 Å². The number of rotatable bonds is 7. The van der Waals surface area contributed by atoms with Gasteiger partial charge < -0.3 is 13.9 Å². The summed E-state index contributed by atoms with van der Waals surface area (Å²) in [7, 11) is 1.36. The van der Waals surface area contributed by atoms with Crippen LogP contribution < -0.4 is 0 Å². The molecule has 1 aromatic rings. The van der Waals surface area contributed by atoms with Crippen LogP contribution in [0.25, 0.3) is 0 Å². The molecule has 0 N–H and O–H groups in total. The Labute approximate surface area is 130 Å². The Morgan fingerprint density at radius 3 is 2.68 bits per heavy atom. The van der Waals surface area contributed by atoms with Gasteiger partial charge in [-0.25, -0.2) is 4.98 Å². The number of esters is 2. The van der Waals surface area contributed by atoms with E-state index in [1.54, 1.807) is 20.8 Å². The number of oxazole rings is 1. The van der Waals surface area contributed by atoms with Crippen LogP contribution in [0.1, 0.15) is 51.1 Å². The van der Waals surface area contributed by atoms with Crippen LogP contribution >= 0.6 is 0 Å². The fourth-order valence-electron chi connectivity index (χ4n) is 2.50. The minimum absolute atomic E-state index is 0.249. The molecule has 1 heterocycles. The highest BCUT2D eigenvalue weighted by Gasteiger charge is 2.42. The summed E-state index contributed by atoms with van der Waals surface area (Å²) < 4.78 is 15.4. The summed E-state index contributed by atoms with van der Waals surface area (Å²) in [6.07, 6.45) is 3.86. The Kier molecular flexibility index (Phi) is 4.88. The largest absolute Gasteiger partial charge is 0.469 e. The maximum atomic E-state index is 12.1. The molecule has 122 valence electrons. The third kappa shape index (κ3) is 3.67. The van der Waals surface area contributed by atoms with Gasteiger partial charge in [-0.05, 0) is 39.5 Å². The van der Waals surface area contributed by atoms with E-state index in [0.717, 1.165) is 12.8 Å². The molecule has 1 saturated carbocycles. The van der Waals surface area contributed by atoms with Crippen molar-refractivity contribution in [2.24, 2.45) is 11.3 Å². The molecule has 1 unspecified atom stereocenters. The molecule has 0 saturated heterocycles. The zero-order chi connectivity index (χ0) is 16.3. The highest BCUT2D eigenvalue weighted by molar-refractivity contribution is 5.78. The summed E-state index contributed by atoms with van der Waals surface area (Å²) in [5, 5.41) is 0. The minimum Gasteiger partial charge on any atom is -0.469 e. The van der Waals surface area contributed by atoms with E-state index in [9.17, 15) is 9.59 Å². The maximum Gasteiger partial charge on any atom is 0.318 e. The monoisotopic (exact) mass is 309 g/mol. The van der Waals surface area contributed by atoms with E-state index in [0.29, 0.717) is 24.6 Å². The lowest BCUT2D eigenvalue weighted by Gasteiger charge is -2.19. The second-order valence-electron chi connectivity index (χ2n) is 6.30. The molecule has 6 heteroatoms. The average molecular weight is 309 g/mol. The Bertz CT molecular complexity index is 544. The van der Waals surface area contributed by atoms with Crippen molar-refractivity contribution in [1.82, 2.24) is 4.98 Å². The van der Waals surface area contributed by atoms with Crippen LogP contribution in [0.2, 0.25) is 0 Å². The average Bonchev–Trinajstić information content (AvgIpc) is 3.18. The van der Waals surface area contributed by atoms with E-state index in [4.69, 9.17) is 13.9 Å². The van der Waals surface area contributed by atoms with Gasteiger partial charge in [-0.2, -0.15) is 0 Å². The van der Waals surface area contributed by atoms with Crippen LogP contribution in [0.5, 0.6) is 0 Å². The third-order valence-electron chi connectivity index (χ3n) is 3.83. The van der Waals surface area contributed by atoms with Gasteiger partial charge in [-0.1, -0.05) is 0 Å². The predicted octanol–water partition coefficient (Wildman–Crippen LogP) is 2.47. The standard InChI is InChI=1S/C16H23NO5/c1-5-21-14(18)12(10-6-7-10)13-17-11(9-22-13)8-16(2,3)15(19)20-4/h9-10,12H,5-8H2,1-4H3. The normalized spacial score (nSPS) is 16.2. The molecular formula is C16H23NO5. The molecule has 6 nitrogen and oxygen atoms in total. The van der Waals surface area contributed by atoms with Crippen molar-refractivity contribution in [2.75, 3.05) is 13.7 Å². The van der Waals surface area contributed by atoms with Crippen LogP contribution in [0.15, 0.2) is 10.7 Å². The van der Waals surface area contributed by atoms with Crippen LogP contribution in [0, 0.1) is 11.3 Å². The summed E-state index contributed by atoms with van der Waals surface area (Å²) in [4.78, 5) is 28.2. The zero-order valence-corrected chi connectivity index (χ0v) is 13.5. The number of methoxy groups -OCH3 is 1. The fraction of sp³-hybridized carbons (Fsp3) is 0.688. The number of ether oxygens (including phenoxy) is 2. The molecule has 0 radical (unpaired) electrons. The topological polar surface area (TPSA) is 78.6 Å². The van der Waals surface area contributed by atoms with Gasteiger partial charge in [0.2, 0.25) is 5.89 Å². The summed E-state index contributed by atoms with van der Waals surface area (Å²) in [6, 6.07) is 0. The number of aromatic nitrogens is 1. The molecule has 2 rings (SSSR count). The van der Waals surface area contributed by atoms with E-state index in [1.807, 2.05) is 0 Å². The summed E-state index contributed by atoms with van der Waals surface area (Å²) in [5.74, 6) is -0.391. The van der Waals surface area contributed by atoms with Crippen molar-refractivity contribution >= 4 is 11.9 Å². The van der Waals surface area contributed by atoms with Gasteiger partial charge in [0.25, 0.3) is 0 Å². The molecule has 0 bridgehead atoms. The third-order valence-corrected chi connectivity index (χ3v) is 3.83. The molecule has 0 aliphatic heterocycles. The smallest absolute Gasteiger partial charge is 0.318 e. The van der Waals surface area contributed by atoms with Crippen LogP contribution in [0.3, 0.4) is 0 Å². The first-order valence-corrected chi connectivity index (χ1v) is 7.58. The first kappa shape index (κ1) is 16.5. The highest BCUT2D eigenvalue weighted by Crippen LogP contribution is 2.43. The fourth-order valence-corrected chi connectivity index (χ4v) is 2.50. The first-order valence-electron chi connectivity index (χ1n) is 7.58. The van der Waals surface area contributed by atoms with E-state index in [-0.39, 0.29) is 17.9 Å². The molecule has 0 aromatic carbocycles. The lowest BCUT2D eigenvalue weighted by molar-refractivity contribution is -0.150. The molecule has 1 fully saturated rings. The van der Waals surface area contributed by atoms with Crippen LogP contribution in [-0.4, -0.2) is 30.6 Å². The molecule has 22 heavy (non-hydrogen) atoms. The predicted molar refractivity (Wildman–Crippen MR) is 78.1 cm³/mol. The number of carbonyl (C=O) groups excluding carboxylic acids is 2. The van der Waals surface area contributed by atoms with Crippen molar-refractivity contribution in [3.05, 3.63) is 17.8 Å². The minimum atomic E-state index is -0.693. The molecule has 1 aliphatic carbocycles. The van der Waals surface area contributed by atoms with Crippen molar-refractivity contribution in [1.29, 1.82) is 0 Å². The summed E-state index contributed by atoms with van der Waals surface area (Å²) in [5.41, 5.74) is -0.0533. The van der Waals surface area contributed by atoms with Gasteiger partial charge >= 0.3 is 11.9 Å². The Balaban J connectivity index is 2.12. The number of nitrogens with zero attached hydrogens (tertiary/aromatic N) is 1. The van der Waals surface area contributed by atoms with Gasteiger partial charge in [-0.3, -0.25) is 9.59 Å². The highest BCUT2D eigenvalue weighted by atomic mass is 16.5. The maximum absolute atomic E-state index is 12.1. The lowest BCUT2D eigenvalue weighted by Crippen LogP contribution is -2.28. The SMILES string of the molecule is CCOC(=O)C(c1nc(CC(C)(C)C(=O)OC)co1)C1CC1. The quantitative estimate of drug-likeness (QED) is 0.720. The summed E-state index contributed by atoms with van der Waals surface area (Å²) in [6.45, 7) is 5.69. The second kappa shape index (κ2) is 6.50. The lowest BCUT2D eigenvalue weighted by atomic mass is 9.88.